The van der Waals surface area contributed by atoms with Crippen LogP contribution in [0.3, 0.4) is 0 Å². The van der Waals surface area contributed by atoms with E-state index in [2.05, 4.69) is 5.32 Å². The van der Waals surface area contributed by atoms with Crippen molar-refractivity contribution in [1.29, 1.82) is 0 Å². The number of carbonyl (C=O) groups excluding carboxylic acids is 1. The van der Waals surface area contributed by atoms with Crippen LogP contribution in [-0.4, -0.2) is 28.0 Å². The fraction of sp³-hybridized carbons (Fsp3) is 0.269. The summed E-state index contributed by atoms with van der Waals surface area (Å²) < 4.78 is 33.5. The number of hydrogen-bond donors (Lipinski definition) is 1. The standard InChI is InChI=1S/C26H30N2O4S/c1-5-25(21-13-9-19(2)10-14-21)27-26(29)18-28(22-7-6-8-23(17-22)32-4)33(30,31)24-15-11-20(3)12-16-24/h6-17,25H,5,18H2,1-4H3,(H,27,29)/t25-/m0/s1. The minimum absolute atomic E-state index is 0.120. The number of rotatable bonds is 9. The van der Waals surface area contributed by atoms with E-state index >= 15 is 0 Å². The smallest absolute Gasteiger partial charge is 0.264 e. The fourth-order valence-corrected chi connectivity index (χ4v) is 4.92. The number of sulfonamides is 1. The zero-order chi connectivity index (χ0) is 24.0. The SMILES string of the molecule is CC[C@H](NC(=O)CN(c1cccc(OC)c1)S(=O)(=O)c1ccc(C)cc1)c1ccc(C)cc1. The van der Waals surface area contributed by atoms with Crippen molar-refractivity contribution < 1.29 is 17.9 Å². The molecule has 0 saturated carbocycles. The molecule has 174 valence electrons. The fourth-order valence-electron chi connectivity index (χ4n) is 3.51. The number of nitrogens with zero attached hydrogens (tertiary/aromatic N) is 1. The molecule has 0 spiro atoms. The molecule has 0 bridgehead atoms. The minimum Gasteiger partial charge on any atom is -0.497 e. The maximum Gasteiger partial charge on any atom is 0.264 e. The summed E-state index contributed by atoms with van der Waals surface area (Å²) in [6.45, 7) is 5.52. The van der Waals surface area contributed by atoms with Crippen LogP contribution in [0.4, 0.5) is 5.69 Å². The summed E-state index contributed by atoms with van der Waals surface area (Å²) in [6, 6.07) is 21.0. The molecule has 1 N–H and O–H groups in total. The topological polar surface area (TPSA) is 75.7 Å². The summed E-state index contributed by atoms with van der Waals surface area (Å²) in [5, 5.41) is 2.99. The number of nitrogens with one attached hydrogen (secondary N) is 1. The highest BCUT2D eigenvalue weighted by molar-refractivity contribution is 7.92. The quantitative estimate of drug-likeness (QED) is 0.493. The van der Waals surface area contributed by atoms with E-state index in [1.807, 2.05) is 45.0 Å². The van der Waals surface area contributed by atoms with Gasteiger partial charge in [0.25, 0.3) is 10.0 Å². The first-order valence-corrected chi connectivity index (χ1v) is 12.3. The van der Waals surface area contributed by atoms with Crippen LogP contribution in [0.25, 0.3) is 0 Å². The molecule has 0 aliphatic heterocycles. The molecular formula is C26H30N2O4S. The lowest BCUT2D eigenvalue weighted by molar-refractivity contribution is -0.120. The van der Waals surface area contributed by atoms with E-state index in [1.54, 1.807) is 48.5 Å². The van der Waals surface area contributed by atoms with Gasteiger partial charge in [-0.2, -0.15) is 0 Å². The number of methoxy groups -OCH3 is 1. The van der Waals surface area contributed by atoms with Crippen molar-refractivity contribution >= 4 is 21.6 Å². The van der Waals surface area contributed by atoms with E-state index in [0.29, 0.717) is 17.9 Å². The average Bonchev–Trinajstić information content (AvgIpc) is 2.82. The number of aryl methyl sites for hydroxylation is 2. The number of carbonyl (C=O) groups is 1. The van der Waals surface area contributed by atoms with Crippen molar-refractivity contribution in [3.8, 4) is 5.75 Å². The van der Waals surface area contributed by atoms with E-state index in [-0.39, 0.29) is 23.4 Å². The third-order valence-electron chi connectivity index (χ3n) is 5.46. The predicted molar refractivity (Wildman–Crippen MR) is 131 cm³/mol. The molecule has 0 aliphatic carbocycles. The molecule has 3 aromatic carbocycles. The van der Waals surface area contributed by atoms with Gasteiger partial charge in [-0.3, -0.25) is 9.10 Å². The molecule has 7 heteroatoms. The Morgan fingerprint density at radius 1 is 0.970 bits per heavy atom. The molecule has 0 heterocycles. The van der Waals surface area contributed by atoms with Crippen LogP contribution in [0, 0.1) is 13.8 Å². The van der Waals surface area contributed by atoms with Crippen LogP contribution in [0.2, 0.25) is 0 Å². The van der Waals surface area contributed by atoms with Gasteiger partial charge in [0.15, 0.2) is 0 Å². The van der Waals surface area contributed by atoms with Crippen LogP contribution in [-0.2, 0) is 14.8 Å². The van der Waals surface area contributed by atoms with Crippen molar-refractivity contribution in [2.75, 3.05) is 18.0 Å². The van der Waals surface area contributed by atoms with Gasteiger partial charge in [-0.25, -0.2) is 8.42 Å². The lowest BCUT2D eigenvalue weighted by atomic mass is 10.0. The third kappa shape index (κ3) is 5.93. The van der Waals surface area contributed by atoms with Gasteiger partial charge in [0.2, 0.25) is 5.91 Å². The van der Waals surface area contributed by atoms with Gasteiger partial charge in [0.1, 0.15) is 12.3 Å². The average molecular weight is 467 g/mol. The van der Waals surface area contributed by atoms with Crippen molar-refractivity contribution in [1.82, 2.24) is 5.32 Å². The van der Waals surface area contributed by atoms with E-state index in [4.69, 9.17) is 4.74 Å². The molecule has 1 amide bonds. The van der Waals surface area contributed by atoms with Gasteiger partial charge >= 0.3 is 0 Å². The Hall–Kier alpha value is -3.32. The van der Waals surface area contributed by atoms with Gasteiger partial charge in [0, 0.05) is 6.07 Å². The lowest BCUT2D eigenvalue weighted by Gasteiger charge is -2.26. The summed E-state index contributed by atoms with van der Waals surface area (Å²) in [7, 11) is -2.47. The Kier molecular flexibility index (Phi) is 7.76. The van der Waals surface area contributed by atoms with Crippen LogP contribution in [0.1, 0.15) is 36.1 Å². The first-order chi connectivity index (χ1) is 15.7. The van der Waals surface area contributed by atoms with Crippen LogP contribution in [0.5, 0.6) is 5.75 Å². The highest BCUT2D eigenvalue weighted by Gasteiger charge is 2.28. The predicted octanol–water partition coefficient (Wildman–Crippen LogP) is 4.77. The Morgan fingerprint density at radius 2 is 1.58 bits per heavy atom. The second-order valence-electron chi connectivity index (χ2n) is 7.97. The Balaban J connectivity index is 1.92. The first kappa shape index (κ1) is 24.3. The van der Waals surface area contributed by atoms with E-state index < -0.39 is 10.0 Å². The number of ether oxygens (including phenoxy) is 1. The second kappa shape index (κ2) is 10.5. The van der Waals surface area contributed by atoms with Crippen LogP contribution in [0.15, 0.2) is 77.7 Å². The number of benzene rings is 3. The Labute approximate surface area is 196 Å². The van der Waals surface area contributed by atoms with Crippen molar-refractivity contribution in [3.05, 3.63) is 89.5 Å². The molecular weight excluding hydrogens is 436 g/mol. The summed E-state index contributed by atoms with van der Waals surface area (Å²) in [6.07, 6.45) is 0.679. The molecule has 33 heavy (non-hydrogen) atoms. The Morgan fingerprint density at radius 3 is 2.15 bits per heavy atom. The highest BCUT2D eigenvalue weighted by atomic mass is 32.2. The normalized spacial score (nSPS) is 12.1. The molecule has 0 unspecified atom stereocenters. The summed E-state index contributed by atoms with van der Waals surface area (Å²) >= 11 is 0. The molecule has 0 saturated heterocycles. The molecule has 1 atom stereocenters. The zero-order valence-electron chi connectivity index (χ0n) is 19.4. The summed E-state index contributed by atoms with van der Waals surface area (Å²) in [4.78, 5) is 13.2. The van der Waals surface area contributed by atoms with Crippen molar-refractivity contribution in [2.24, 2.45) is 0 Å². The molecule has 3 aromatic rings. The monoisotopic (exact) mass is 466 g/mol. The van der Waals surface area contributed by atoms with E-state index in [9.17, 15) is 13.2 Å². The number of hydrogen-bond acceptors (Lipinski definition) is 4. The third-order valence-corrected chi connectivity index (χ3v) is 7.25. The van der Waals surface area contributed by atoms with Crippen molar-refractivity contribution in [2.45, 2.75) is 38.1 Å². The van der Waals surface area contributed by atoms with E-state index in [0.717, 1.165) is 21.0 Å². The van der Waals surface area contributed by atoms with Crippen LogP contribution >= 0.6 is 0 Å². The first-order valence-electron chi connectivity index (χ1n) is 10.8. The van der Waals surface area contributed by atoms with Gasteiger partial charge in [-0.1, -0.05) is 60.5 Å². The lowest BCUT2D eigenvalue weighted by Crippen LogP contribution is -2.42. The van der Waals surface area contributed by atoms with Crippen molar-refractivity contribution in [3.63, 3.8) is 0 Å². The largest absolute Gasteiger partial charge is 0.497 e. The van der Waals surface area contributed by atoms with Gasteiger partial charge in [0.05, 0.1) is 23.7 Å². The molecule has 0 aliphatic rings. The second-order valence-corrected chi connectivity index (χ2v) is 9.83. The summed E-state index contributed by atoms with van der Waals surface area (Å²) in [5.74, 6) is 0.115. The maximum atomic E-state index is 13.5. The van der Waals surface area contributed by atoms with Gasteiger partial charge in [-0.15, -0.1) is 0 Å². The number of anilines is 1. The molecule has 0 fully saturated rings. The highest BCUT2D eigenvalue weighted by Crippen LogP contribution is 2.27. The summed E-state index contributed by atoms with van der Waals surface area (Å²) in [5.41, 5.74) is 3.41. The van der Waals surface area contributed by atoms with E-state index in [1.165, 1.54) is 7.11 Å². The Bertz CT molecular complexity index is 1190. The van der Waals surface area contributed by atoms with Crippen LogP contribution < -0.4 is 14.4 Å². The molecule has 0 radical (unpaired) electrons. The molecule has 0 aromatic heterocycles. The minimum atomic E-state index is -3.99. The van der Waals surface area contributed by atoms with Gasteiger partial charge in [-0.05, 0) is 50.1 Å². The molecule has 6 nitrogen and oxygen atoms in total. The molecule has 3 rings (SSSR count). The zero-order valence-corrected chi connectivity index (χ0v) is 20.2. The maximum absolute atomic E-state index is 13.5. The van der Waals surface area contributed by atoms with Gasteiger partial charge < -0.3 is 10.1 Å². The number of amides is 1.